The van der Waals surface area contributed by atoms with E-state index >= 15 is 0 Å². The van der Waals surface area contributed by atoms with Crippen molar-refractivity contribution in [3.05, 3.63) is 63.0 Å². The molecule has 0 bridgehead atoms. The third-order valence-electron chi connectivity index (χ3n) is 4.13. The van der Waals surface area contributed by atoms with Gasteiger partial charge < -0.3 is 14.8 Å². The fourth-order valence-corrected chi connectivity index (χ4v) is 3.74. The van der Waals surface area contributed by atoms with Crippen LogP contribution in [0.3, 0.4) is 0 Å². The van der Waals surface area contributed by atoms with Crippen molar-refractivity contribution in [3.8, 4) is 5.75 Å². The van der Waals surface area contributed by atoms with Crippen molar-refractivity contribution in [2.24, 2.45) is 0 Å². The summed E-state index contributed by atoms with van der Waals surface area (Å²) >= 11 is 12.6. The SMILES string of the molecule is COC(=O)CN1C(=O)S/C(=C\c2cc(Cl)ccc2OCC(=O)Nc2ccc(Cl)cc2)C1=O. The van der Waals surface area contributed by atoms with Crippen LogP contribution >= 0.6 is 35.0 Å². The lowest BCUT2D eigenvalue weighted by atomic mass is 10.2. The maximum absolute atomic E-state index is 12.5. The van der Waals surface area contributed by atoms with Crippen LogP contribution in [0, 0.1) is 0 Å². The number of methoxy groups -OCH3 is 1. The average Bonchev–Trinajstić information content (AvgIpc) is 3.02. The molecule has 166 valence electrons. The van der Waals surface area contributed by atoms with Gasteiger partial charge in [-0.2, -0.15) is 0 Å². The lowest BCUT2D eigenvalue weighted by Crippen LogP contribution is -2.34. The van der Waals surface area contributed by atoms with E-state index in [1.807, 2.05) is 0 Å². The highest BCUT2D eigenvalue weighted by Crippen LogP contribution is 2.34. The zero-order chi connectivity index (χ0) is 23.3. The second-order valence-corrected chi connectivity index (χ2v) is 8.24. The quantitative estimate of drug-likeness (QED) is 0.453. The second-order valence-electron chi connectivity index (χ2n) is 6.37. The van der Waals surface area contributed by atoms with E-state index in [2.05, 4.69) is 10.1 Å². The molecule has 3 amide bonds. The molecule has 2 aromatic rings. The zero-order valence-electron chi connectivity index (χ0n) is 16.6. The molecule has 1 N–H and O–H groups in total. The van der Waals surface area contributed by atoms with Crippen LogP contribution in [0.15, 0.2) is 47.4 Å². The topological polar surface area (TPSA) is 102 Å². The van der Waals surface area contributed by atoms with Crippen molar-refractivity contribution >= 4 is 69.8 Å². The number of benzene rings is 2. The van der Waals surface area contributed by atoms with Gasteiger partial charge in [0.05, 0.1) is 12.0 Å². The Labute approximate surface area is 197 Å². The number of nitrogens with one attached hydrogen (secondary N) is 1. The fourth-order valence-electron chi connectivity index (χ4n) is 2.61. The number of ether oxygens (including phenoxy) is 2. The molecule has 0 spiro atoms. The summed E-state index contributed by atoms with van der Waals surface area (Å²) in [5.41, 5.74) is 0.943. The minimum Gasteiger partial charge on any atom is -0.483 e. The summed E-state index contributed by atoms with van der Waals surface area (Å²) in [4.78, 5) is 49.1. The van der Waals surface area contributed by atoms with E-state index in [-0.39, 0.29) is 17.3 Å². The Kier molecular flexibility index (Phi) is 7.79. The summed E-state index contributed by atoms with van der Waals surface area (Å²) in [6.07, 6.45) is 1.42. The molecule has 8 nitrogen and oxygen atoms in total. The molecule has 1 aliphatic heterocycles. The van der Waals surface area contributed by atoms with Gasteiger partial charge in [-0.3, -0.25) is 24.1 Å². The number of imide groups is 1. The van der Waals surface area contributed by atoms with Gasteiger partial charge in [-0.05, 0) is 60.3 Å². The van der Waals surface area contributed by atoms with Crippen molar-refractivity contribution in [2.75, 3.05) is 25.6 Å². The van der Waals surface area contributed by atoms with E-state index in [1.165, 1.54) is 12.1 Å². The van der Waals surface area contributed by atoms with Crippen LogP contribution in [0.2, 0.25) is 10.0 Å². The van der Waals surface area contributed by atoms with Crippen molar-refractivity contribution in [2.45, 2.75) is 0 Å². The van der Waals surface area contributed by atoms with E-state index in [0.717, 1.165) is 12.0 Å². The Morgan fingerprint density at radius 3 is 2.47 bits per heavy atom. The van der Waals surface area contributed by atoms with Crippen LogP contribution in [-0.2, 0) is 19.1 Å². The first kappa shape index (κ1) is 23.6. The summed E-state index contributed by atoms with van der Waals surface area (Å²) in [5.74, 6) is -1.49. The molecule has 0 aromatic heterocycles. The zero-order valence-corrected chi connectivity index (χ0v) is 18.9. The molecule has 0 atom stereocenters. The predicted molar refractivity (Wildman–Crippen MR) is 122 cm³/mol. The van der Waals surface area contributed by atoms with E-state index in [4.69, 9.17) is 27.9 Å². The van der Waals surface area contributed by atoms with Crippen LogP contribution in [0.4, 0.5) is 10.5 Å². The van der Waals surface area contributed by atoms with Crippen LogP contribution in [0.25, 0.3) is 6.08 Å². The second kappa shape index (κ2) is 10.5. The average molecular weight is 495 g/mol. The number of anilines is 1. The molecule has 1 fully saturated rings. The summed E-state index contributed by atoms with van der Waals surface area (Å²) in [7, 11) is 1.16. The maximum atomic E-state index is 12.5. The highest BCUT2D eigenvalue weighted by molar-refractivity contribution is 8.18. The Morgan fingerprint density at radius 2 is 1.78 bits per heavy atom. The molecule has 1 aliphatic rings. The van der Waals surface area contributed by atoms with Crippen molar-refractivity contribution in [1.29, 1.82) is 0 Å². The van der Waals surface area contributed by atoms with Crippen molar-refractivity contribution in [3.63, 3.8) is 0 Å². The first-order valence-corrected chi connectivity index (χ1v) is 10.6. The normalized spacial score (nSPS) is 14.6. The highest BCUT2D eigenvalue weighted by Gasteiger charge is 2.36. The maximum Gasteiger partial charge on any atom is 0.325 e. The monoisotopic (exact) mass is 494 g/mol. The van der Waals surface area contributed by atoms with Gasteiger partial charge in [0.2, 0.25) is 0 Å². The molecule has 0 radical (unpaired) electrons. The van der Waals surface area contributed by atoms with Crippen LogP contribution in [0.1, 0.15) is 5.56 Å². The van der Waals surface area contributed by atoms with Gasteiger partial charge in [-0.1, -0.05) is 23.2 Å². The largest absolute Gasteiger partial charge is 0.483 e. The number of rotatable bonds is 7. The number of carbonyl (C=O) groups excluding carboxylic acids is 4. The summed E-state index contributed by atoms with van der Waals surface area (Å²) in [6, 6.07) is 11.2. The van der Waals surface area contributed by atoms with E-state index < -0.39 is 29.6 Å². The number of hydrogen-bond acceptors (Lipinski definition) is 7. The molecule has 1 saturated heterocycles. The standard InChI is InChI=1S/C21H16Cl2N2O6S/c1-30-19(27)10-25-20(28)17(32-21(25)29)9-12-8-14(23)4-7-16(12)31-11-18(26)24-15-5-2-13(22)3-6-15/h2-9H,10-11H2,1H3,(H,24,26)/b17-9-. The number of hydrogen-bond donors (Lipinski definition) is 1. The molecule has 2 aromatic carbocycles. The van der Waals surface area contributed by atoms with E-state index in [1.54, 1.807) is 36.4 Å². The number of amides is 3. The minimum atomic E-state index is -0.716. The number of carbonyl (C=O) groups is 4. The lowest BCUT2D eigenvalue weighted by molar-refractivity contribution is -0.143. The third kappa shape index (κ3) is 6.03. The molecule has 1 heterocycles. The molecule has 0 aliphatic carbocycles. The van der Waals surface area contributed by atoms with Crippen LogP contribution in [0.5, 0.6) is 5.75 Å². The molecule has 11 heteroatoms. The molecule has 0 saturated carbocycles. The van der Waals surface area contributed by atoms with Crippen LogP contribution in [-0.4, -0.2) is 48.2 Å². The molecule has 32 heavy (non-hydrogen) atoms. The number of halogens is 2. The summed E-state index contributed by atoms with van der Waals surface area (Å²) in [5, 5.41) is 2.98. The summed E-state index contributed by atoms with van der Waals surface area (Å²) < 4.78 is 10.1. The first-order valence-electron chi connectivity index (χ1n) is 9.07. The van der Waals surface area contributed by atoms with Gasteiger partial charge in [-0.15, -0.1) is 0 Å². The molecule has 0 unspecified atom stereocenters. The molecular formula is C21H16Cl2N2O6S. The number of nitrogens with zero attached hydrogens (tertiary/aromatic N) is 1. The van der Waals surface area contributed by atoms with E-state index in [0.29, 0.717) is 33.1 Å². The van der Waals surface area contributed by atoms with Crippen molar-refractivity contribution < 1.29 is 28.7 Å². The van der Waals surface area contributed by atoms with Gasteiger partial charge >= 0.3 is 5.97 Å². The smallest absolute Gasteiger partial charge is 0.325 e. The predicted octanol–water partition coefficient (Wildman–Crippen LogP) is 4.22. The lowest BCUT2D eigenvalue weighted by Gasteiger charge is -2.11. The molecule has 3 rings (SSSR count). The van der Waals surface area contributed by atoms with Crippen LogP contribution < -0.4 is 10.1 Å². The van der Waals surface area contributed by atoms with Gasteiger partial charge in [0.15, 0.2) is 6.61 Å². The molecular weight excluding hydrogens is 479 g/mol. The fraction of sp³-hybridized carbons (Fsp3) is 0.143. The number of thioether (sulfide) groups is 1. The van der Waals surface area contributed by atoms with Crippen molar-refractivity contribution in [1.82, 2.24) is 4.90 Å². The third-order valence-corrected chi connectivity index (χ3v) is 5.53. The van der Waals surface area contributed by atoms with E-state index in [9.17, 15) is 19.2 Å². The number of esters is 1. The van der Waals surface area contributed by atoms with Gasteiger partial charge in [-0.25, -0.2) is 0 Å². The Hall–Kier alpha value is -3.01. The Morgan fingerprint density at radius 1 is 1.09 bits per heavy atom. The van der Waals surface area contributed by atoms with Gasteiger partial charge in [0, 0.05) is 21.3 Å². The minimum absolute atomic E-state index is 0.0802. The Bertz CT molecular complexity index is 1100. The highest BCUT2D eigenvalue weighted by atomic mass is 35.5. The van der Waals surface area contributed by atoms with Gasteiger partial charge in [0.25, 0.3) is 17.1 Å². The Balaban J connectivity index is 1.73. The first-order chi connectivity index (χ1) is 15.3. The summed E-state index contributed by atoms with van der Waals surface area (Å²) in [6.45, 7) is -0.794. The van der Waals surface area contributed by atoms with Gasteiger partial charge in [0.1, 0.15) is 12.3 Å².